The van der Waals surface area contributed by atoms with Crippen LogP contribution in [0.3, 0.4) is 0 Å². The predicted octanol–water partition coefficient (Wildman–Crippen LogP) is 2.18. The first-order chi connectivity index (χ1) is 8.22. The lowest BCUT2D eigenvalue weighted by Crippen LogP contribution is -2.48. The number of rotatable bonds is 7. The maximum atomic E-state index is 11.8. The lowest BCUT2D eigenvalue weighted by molar-refractivity contribution is -0.122. The lowest BCUT2D eigenvalue weighted by atomic mass is 9.93. The maximum Gasteiger partial charge on any atom is 0.405 e. The first-order valence-corrected chi connectivity index (χ1v) is 6.03. The molecule has 0 aromatic rings. The molecule has 108 valence electrons. The molecule has 0 aromatic heterocycles. The molecule has 0 radical (unpaired) electrons. The molecule has 0 aliphatic carbocycles. The molecule has 0 atom stereocenters. The van der Waals surface area contributed by atoms with Crippen LogP contribution >= 0.6 is 0 Å². The minimum Gasteiger partial charge on any atom is -0.388 e. The number of halogens is 3. The summed E-state index contributed by atoms with van der Waals surface area (Å²) in [6.07, 6.45) is -1.95. The summed E-state index contributed by atoms with van der Waals surface area (Å²) in [7, 11) is 0. The van der Waals surface area contributed by atoms with Crippen LogP contribution in [0.5, 0.6) is 0 Å². The van der Waals surface area contributed by atoms with Crippen LogP contribution in [-0.2, 0) is 0 Å². The van der Waals surface area contributed by atoms with E-state index in [1.807, 2.05) is 13.8 Å². The minimum atomic E-state index is -4.43. The molecule has 18 heavy (non-hydrogen) atoms. The standard InChI is InChI=1S/C11H21F3N2O2/c1-3-5-10(18,6-4-2)7-15-9(17)16-8-11(12,13)14/h18H,3-8H2,1-2H3,(H2,15,16,17). The van der Waals surface area contributed by atoms with Crippen LogP contribution in [0.2, 0.25) is 0 Å². The van der Waals surface area contributed by atoms with Gasteiger partial charge >= 0.3 is 12.2 Å². The number of carbonyl (C=O) groups excluding carboxylic acids is 1. The summed E-state index contributed by atoms with van der Waals surface area (Å²) in [6.45, 7) is 2.37. The Morgan fingerprint density at radius 3 is 1.89 bits per heavy atom. The van der Waals surface area contributed by atoms with Gasteiger partial charge < -0.3 is 15.7 Å². The van der Waals surface area contributed by atoms with E-state index in [4.69, 9.17) is 0 Å². The number of hydrogen-bond donors (Lipinski definition) is 3. The molecule has 0 rings (SSSR count). The molecule has 0 unspecified atom stereocenters. The van der Waals surface area contributed by atoms with Gasteiger partial charge in [0.15, 0.2) is 0 Å². The van der Waals surface area contributed by atoms with Crippen LogP contribution in [0.4, 0.5) is 18.0 Å². The summed E-state index contributed by atoms with van der Waals surface area (Å²) in [5, 5.41) is 14.1. The van der Waals surface area contributed by atoms with Crippen LogP contribution in [0.25, 0.3) is 0 Å². The Balaban J connectivity index is 4.07. The van der Waals surface area contributed by atoms with E-state index in [2.05, 4.69) is 5.32 Å². The van der Waals surface area contributed by atoms with E-state index >= 15 is 0 Å². The van der Waals surface area contributed by atoms with Crippen molar-refractivity contribution in [1.29, 1.82) is 0 Å². The van der Waals surface area contributed by atoms with E-state index in [0.29, 0.717) is 12.8 Å². The highest BCUT2D eigenvalue weighted by atomic mass is 19.4. The zero-order valence-corrected chi connectivity index (χ0v) is 10.7. The van der Waals surface area contributed by atoms with E-state index in [-0.39, 0.29) is 6.54 Å². The van der Waals surface area contributed by atoms with Gasteiger partial charge in [-0.2, -0.15) is 13.2 Å². The highest BCUT2D eigenvalue weighted by Gasteiger charge is 2.29. The quantitative estimate of drug-likeness (QED) is 0.664. The highest BCUT2D eigenvalue weighted by Crippen LogP contribution is 2.18. The average molecular weight is 270 g/mol. The van der Waals surface area contributed by atoms with Gasteiger partial charge in [0, 0.05) is 6.54 Å². The fourth-order valence-electron chi connectivity index (χ4n) is 1.72. The second kappa shape index (κ2) is 7.45. The summed E-state index contributed by atoms with van der Waals surface area (Å²) in [5.41, 5.74) is -1.04. The van der Waals surface area contributed by atoms with Crippen molar-refractivity contribution in [2.75, 3.05) is 13.1 Å². The zero-order valence-electron chi connectivity index (χ0n) is 10.7. The molecule has 0 bridgehead atoms. The Labute approximate surface area is 105 Å². The van der Waals surface area contributed by atoms with Crippen LogP contribution < -0.4 is 10.6 Å². The van der Waals surface area contributed by atoms with Gasteiger partial charge in [0.2, 0.25) is 0 Å². The largest absolute Gasteiger partial charge is 0.405 e. The zero-order chi connectivity index (χ0) is 14.2. The van der Waals surface area contributed by atoms with Crippen molar-refractivity contribution in [2.24, 2.45) is 0 Å². The van der Waals surface area contributed by atoms with Gasteiger partial charge in [-0.1, -0.05) is 26.7 Å². The number of nitrogens with one attached hydrogen (secondary N) is 2. The molecule has 0 aliphatic heterocycles. The summed E-state index contributed by atoms with van der Waals surface area (Å²) in [6, 6.07) is -0.919. The Morgan fingerprint density at radius 2 is 1.50 bits per heavy atom. The van der Waals surface area contributed by atoms with Gasteiger partial charge in [-0.05, 0) is 12.8 Å². The van der Waals surface area contributed by atoms with Crippen molar-refractivity contribution in [3.63, 3.8) is 0 Å². The summed E-state index contributed by atoms with van der Waals surface area (Å²) >= 11 is 0. The van der Waals surface area contributed by atoms with Gasteiger partial charge in [0.05, 0.1) is 5.60 Å². The molecule has 0 saturated heterocycles. The second-order valence-electron chi connectivity index (χ2n) is 4.38. The molecule has 3 N–H and O–H groups in total. The van der Waals surface area contributed by atoms with Crippen molar-refractivity contribution in [3.8, 4) is 0 Å². The third kappa shape index (κ3) is 8.16. The molecule has 0 aromatic carbocycles. The monoisotopic (exact) mass is 270 g/mol. The second-order valence-corrected chi connectivity index (χ2v) is 4.38. The van der Waals surface area contributed by atoms with E-state index in [0.717, 1.165) is 12.8 Å². The number of carbonyl (C=O) groups is 1. The molecule has 0 spiro atoms. The van der Waals surface area contributed by atoms with Gasteiger partial charge in [0.25, 0.3) is 0 Å². The van der Waals surface area contributed by atoms with Gasteiger partial charge in [-0.15, -0.1) is 0 Å². The molecule has 4 nitrogen and oxygen atoms in total. The predicted molar refractivity (Wildman–Crippen MR) is 62.2 cm³/mol. The van der Waals surface area contributed by atoms with Gasteiger partial charge in [-0.3, -0.25) is 0 Å². The fourth-order valence-corrected chi connectivity index (χ4v) is 1.72. The number of hydrogen-bond acceptors (Lipinski definition) is 2. The van der Waals surface area contributed by atoms with Crippen molar-refractivity contribution in [2.45, 2.75) is 51.3 Å². The summed E-state index contributed by atoms with van der Waals surface area (Å²) < 4.78 is 35.5. The minimum absolute atomic E-state index is 0.0433. The van der Waals surface area contributed by atoms with Crippen molar-refractivity contribution in [3.05, 3.63) is 0 Å². The molecular formula is C11H21F3N2O2. The number of aliphatic hydroxyl groups is 1. The van der Waals surface area contributed by atoms with E-state index < -0.39 is 24.4 Å². The van der Waals surface area contributed by atoms with Crippen LogP contribution in [0.15, 0.2) is 0 Å². The number of amides is 2. The highest BCUT2D eigenvalue weighted by molar-refractivity contribution is 5.73. The summed E-state index contributed by atoms with van der Waals surface area (Å²) in [4.78, 5) is 11.1. The Kier molecular flexibility index (Phi) is 7.05. The Morgan fingerprint density at radius 1 is 1.06 bits per heavy atom. The first-order valence-electron chi connectivity index (χ1n) is 6.03. The SMILES string of the molecule is CCCC(O)(CCC)CNC(=O)NCC(F)(F)F. The topological polar surface area (TPSA) is 61.4 Å². The van der Waals surface area contributed by atoms with Crippen molar-refractivity contribution < 1.29 is 23.1 Å². The van der Waals surface area contributed by atoms with Crippen LogP contribution in [-0.4, -0.2) is 36.0 Å². The molecule has 0 heterocycles. The third-order valence-electron chi connectivity index (χ3n) is 2.46. The lowest BCUT2D eigenvalue weighted by Gasteiger charge is -2.27. The Bertz CT molecular complexity index is 251. The molecule has 0 fully saturated rings. The molecule has 0 aliphatic rings. The summed E-state index contributed by atoms with van der Waals surface area (Å²) in [5.74, 6) is 0. The normalized spacial score (nSPS) is 12.3. The number of urea groups is 1. The molecule has 2 amide bonds. The first kappa shape index (κ1) is 17.0. The molecule has 0 saturated carbocycles. The fraction of sp³-hybridized carbons (Fsp3) is 0.909. The smallest absolute Gasteiger partial charge is 0.388 e. The van der Waals surface area contributed by atoms with Crippen LogP contribution in [0.1, 0.15) is 39.5 Å². The average Bonchev–Trinajstić information content (AvgIpc) is 2.23. The van der Waals surface area contributed by atoms with Crippen molar-refractivity contribution in [1.82, 2.24) is 10.6 Å². The van der Waals surface area contributed by atoms with E-state index in [1.165, 1.54) is 0 Å². The number of alkyl halides is 3. The third-order valence-corrected chi connectivity index (χ3v) is 2.46. The molecule has 7 heteroatoms. The van der Waals surface area contributed by atoms with Crippen LogP contribution in [0, 0.1) is 0 Å². The Hall–Kier alpha value is -0.980. The molecular weight excluding hydrogens is 249 g/mol. The van der Waals surface area contributed by atoms with E-state index in [9.17, 15) is 23.1 Å². The van der Waals surface area contributed by atoms with Gasteiger partial charge in [0.1, 0.15) is 6.54 Å². The van der Waals surface area contributed by atoms with E-state index in [1.54, 1.807) is 5.32 Å². The van der Waals surface area contributed by atoms with Gasteiger partial charge in [-0.25, -0.2) is 4.79 Å². The maximum absolute atomic E-state index is 11.8. The van der Waals surface area contributed by atoms with Crippen molar-refractivity contribution >= 4 is 6.03 Å².